The first-order valence-electron chi connectivity index (χ1n) is 12.1. The lowest BCUT2D eigenvalue weighted by Crippen LogP contribution is -2.69. The van der Waals surface area contributed by atoms with Crippen molar-refractivity contribution in [1.29, 1.82) is 0 Å². The van der Waals surface area contributed by atoms with E-state index in [9.17, 15) is 18.8 Å². The van der Waals surface area contributed by atoms with Gasteiger partial charge in [0.2, 0.25) is 5.54 Å². The van der Waals surface area contributed by atoms with E-state index in [2.05, 4.69) is 5.32 Å². The largest absolute Gasteiger partial charge is 0.444 e. The number of aliphatic imine (C=N–C) groups is 1. The SMILES string of the molecule is CN1C(=O)[C@@](NC(=O)OC(C)(C)C)([C@]2(Cc3ccccc3)N=C(C(C)(C)C)OC2=O)c2cc(F)ccc21. The molecule has 0 aromatic heterocycles. The monoisotopic (exact) mass is 509 g/mol. The van der Waals surface area contributed by atoms with Gasteiger partial charge in [0.25, 0.3) is 5.91 Å². The van der Waals surface area contributed by atoms with Gasteiger partial charge in [0.1, 0.15) is 11.4 Å². The number of anilines is 1. The van der Waals surface area contributed by atoms with Crippen molar-refractivity contribution in [3.63, 3.8) is 0 Å². The Morgan fingerprint density at radius 1 is 1.08 bits per heavy atom. The molecule has 2 aromatic carbocycles. The van der Waals surface area contributed by atoms with Crippen LogP contribution >= 0.6 is 0 Å². The summed E-state index contributed by atoms with van der Waals surface area (Å²) in [5.74, 6) is -2.01. The zero-order valence-electron chi connectivity index (χ0n) is 22.1. The predicted octanol–water partition coefficient (Wildman–Crippen LogP) is 4.51. The van der Waals surface area contributed by atoms with Gasteiger partial charge in [0.05, 0.1) is 0 Å². The zero-order valence-corrected chi connectivity index (χ0v) is 22.1. The van der Waals surface area contributed by atoms with Gasteiger partial charge in [-0.2, -0.15) is 0 Å². The van der Waals surface area contributed by atoms with E-state index >= 15 is 0 Å². The number of alkyl carbamates (subject to hydrolysis) is 1. The number of esters is 1. The molecule has 2 atom stereocenters. The summed E-state index contributed by atoms with van der Waals surface area (Å²) in [5, 5.41) is 2.69. The van der Waals surface area contributed by atoms with Crippen molar-refractivity contribution in [3.8, 4) is 0 Å². The van der Waals surface area contributed by atoms with E-state index in [1.54, 1.807) is 45.0 Å². The molecule has 0 aliphatic carbocycles. The lowest BCUT2D eigenvalue weighted by Gasteiger charge is -2.41. The maximum Gasteiger partial charge on any atom is 0.408 e. The number of rotatable bonds is 4. The number of hydrogen-bond donors (Lipinski definition) is 1. The third kappa shape index (κ3) is 4.36. The van der Waals surface area contributed by atoms with E-state index in [-0.39, 0.29) is 17.9 Å². The minimum absolute atomic E-state index is 0.0950. The molecule has 0 unspecified atom stereocenters. The van der Waals surface area contributed by atoms with Crippen LogP contribution in [0, 0.1) is 11.2 Å². The molecule has 2 aliphatic rings. The lowest BCUT2D eigenvalue weighted by molar-refractivity contribution is -0.147. The van der Waals surface area contributed by atoms with Gasteiger partial charge < -0.3 is 19.7 Å². The fourth-order valence-electron chi connectivity index (χ4n) is 4.77. The van der Waals surface area contributed by atoms with Gasteiger partial charge >= 0.3 is 12.1 Å². The Morgan fingerprint density at radius 2 is 1.73 bits per heavy atom. The van der Waals surface area contributed by atoms with E-state index < -0.39 is 45.9 Å². The minimum atomic E-state index is -2.15. The van der Waals surface area contributed by atoms with Crippen LogP contribution in [0.3, 0.4) is 0 Å². The van der Waals surface area contributed by atoms with Crippen LogP contribution < -0.4 is 10.2 Å². The van der Waals surface area contributed by atoms with Gasteiger partial charge in [-0.1, -0.05) is 51.1 Å². The van der Waals surface area contributed by atoms with Crippen molar-refractivity contribution in [2.24, 2.45) is 10.4 Å². The van der Waals surface area contributed by atoms with E-state index in [4.69, 9.17) is 14.5 Å². The maximum absolute atomic E-state index is 14.7. The third-order valence-corrected chi connectivity index (χ3v) is 6.42. The lowest BCUT2D eigenvalue weighted by atomic mass is 9.69. The van der Waals surface area contributed by atoms with Crippen LogP contribution in [0.5, 0.6) is 0 Å². The molecule has 2 heterocycles. The molecule has 0 bridgehead atoms. The molecule has 0 fully saturated rings. The average Bonchev–Trinajstić information content (AvgIpc) is 3.22. The first kappa shape index (κ1) is 26.3. The normalized spacial score (nSPS) is 23.5. The Kier molecular flexibility index (Phi) is 6.17. The fraction of sp³-hybridized carbons (Fsp3) is 0.429. The van der Waals surface area contributed by atoms with Crippen molar-refractivity contribution in [2.45, 2.75) is 64.6 Å². The molecular formula is C28H32FN3O5. The number of amides is 2. The zero-order chi connectivity index (χ0) is 27.4. The molecule has 1 N–H and O–H groups in total. The summed E-state index contributed by atoms with van der Waals surface area (Å²) in [4.78, 5) is 47.6. The summed E-state index contributed by atoms with van der Waals surface area (Å²) in [6.45, 7) is 10.5. The summed E-state index contributed by atoms with van der Waals surface area (Å²) in [5.41, 5.74) is -4.64. The van der Waals surface area contributed by atoms with Crippen LogP contribution in [0.4, 0.5) is 14.9 Å². The van der Waals surface area contributed by atoms with Crippen molar-refractivity contribution in [3.05, 3.63) is 65.5 Å². The first-order chi connectivity index (χ1) is 17.1. The number of likely N-dealkylation sites (N-methyl/N-ethyl adjacent to an activating group) is 1. The van der Waals surface area contributed by atoms with Crippen LogP contribution in [0.15, 0.2) is 53.5 Å². The van der Waals surface area contributed by atoms with Crippen molar-refractivity contribution in [1.82, 2.24) is 5.32 Å². The average molecular weight is 510 g/mol. The number of nitrogens with one attached hydrogen (secondary N) is 1. The number of carbonyl (C=O) groups is 3. The molecule has 2 aromatic rings. The minimum Gasteiger partial charge on any atom is -0.444 e. The molecule has 0 saturated carbocycles. The second-order valence-corrected chi connectivity index (χ2v) is 11.5. The number of cyclic esters (lactones) is 1. The molecule has 8 nitrogen and oxygen atoms in total. The van der Waals surface area contributed by atoms with Crippen LogP contribution in [0.1, 0.15) is 52.7 Å². The number of halogens is 1. The smallest absolute Gasteiger partial charge is 0.408 e. The Hall–Kier alpha value is -3.75. The second-order valence-electron chi connectivity index (χ2n) is 11.5. The summed E-state index contributed by atoms with van der Waals surface area (Å²) >= 11 is 0. The molecule has 2 amide bonds. The fourth-order valence-corrected chi connectivity index (χ4v) is 4.77. The highest BCUT2D eigenvalue weighted by Gasteiger charge is 2.71. The van der Waals surface area contributed by atoms with Gasteiger partial charge in [-0.05, 0) is 44.5 Å². The summed E-state index contributed by atoms with van der Waals surface area (Å²) < 4.78 is 26.0. The summed E-state index contributed by atoms with van der Waals surface area (Å²) in [6, 6.07) is 12.8. The molecule has 196 valence electrons. The molecule has 2 aliphatic heterocycles. The molecular weight excluding hydrogens is 477 g/mol. The number of nitrogens with zero attached hydrogens (tertiary/aromatic N) is 2. The van der Waals surface area contributed by atoms with Gasteiger partial charge in [-0.15, -0.1) is 0 Å². The van der Waals surface area contributed by atoms with Gasteiger partial charge in [0.15, 0.2) is 11.4 Å². The van der Waals surface area contributed by atoms with Gasteiger partial charge in [-0.3, -0.25) is 4.79 Å². The number of hydrogen-bond acceptors (Lipinski definition) is 6. The van der Waals surface area contributed by atoms with Crippen LogP contribution in [-0.4, -0.2) is 42.1 Å². The van der Waals surface area contributed by atoms with Crippen LogP contribution in [0.25, 0.3) is 0 Å². The van der Waals surface area contributed by atoms with E-state index in [1.165, 1.54) is 24.1 Å². The highest BCUT2D eigenvalue weighted by Crippen LogP contribution is 2.52. The number of benzene rings is 2. The molecule has 0 radical (unpaired) electrons. The highest BCUT2D eigenvalue weighted by molar-refractivity contribution is 6.16. The molecule has 0 saturated heterocycles. The van der Waals surface area contributed by atoms with E-state index in [0.717, 1.165) is 6.07 Å². The Morgan fingerprint density at radius 3 is 2.30 bits per heavy atom. The van der Waals surface area contributed by atoms with Crippen molar-refractivity contribution in [2.75, 3.05) is 11.9 Å². The Labute approximate surface area is 215 Å². The predicted molar refractivity (Wildman–Crippen MR) is 137 cm³/mol. The van der Waals surface area contributed by atoms with Crippen molar-refractivity contribution < 1.29 is 28.2 Å². The molecule has 4 rings (SSSR count). The highest BCUT2D eigenvalue weighted by atomic mass is 19.1. The van der Waals surface area contributed by atoms with Gasteiger partial charge in [-0.25, -0.2) is 19.0 Å². The molecule has 37 heavy (non-hydrogen) atoms. The number of fused-ring (bicyclic) bond motifs is 1. The van der Waals surface area contributed by atoms with Crippen LogP contribution in [0.2, 0.25) is 0 Å². The van der Waals surface area contributed by atoms with Crippen LogP contribution in [-0.2, 0) is 31.0 Å². The maximum atomic E-state index is 14.7. The van der Waals surface area contributed by atoms with Gasteiger partial charge in [0, 0.05) is 30.1 Å². The summed E-state index contributed by atoms with van der Waals surface area (Å²) in [7, 11) is 1.50. The Bertz CT molecular complexity index is 1300. The Balaban J connectivity index is 2.06. The quantitative estimate of drug-likeness (QED) is 0.612. The molecule has 0 spiro atoms. The number of carbonyl (C=O) groups excluding carboxylic acids is 3. The number of ether oxygens (including phenoxy) is 2. The van der Waals surface area contributed by atoms with E-state index in [1.807, 2.05) is 26.8 Å². The summed E-state index contributed by atoms with van der Waals surface area (Å²) in [6.07, 6.45) is -1.05. The first-order valence-corrected chi connectivity index (χ1v) is 12.1. The molecule has 9 heteroatoms. The third-order valence-electron chi connectivity index (χ3n) is 6.42. The standard InChI is InChI=1S/C28H32FN3O5/c1-25(2,3)21-30-27(23(34)36-21,16-17-11-9-8-10-12-17)28(31-24(35)37-26(4,5)6)19-15-18(29)13-14-20(19)32(7)22(28)33/h8-15H,16H2,1-7H3,(H,31,35)/t27-,28-/m1/s1. The second kappa shape index (κ2) is 8.68. The van der Waals surface area contributed by atoms with E-state index in [0.29, 0.717) is 11.3 Å². The topological polar surface area (TPSA) is 97.3 Å². The van der Waals surface area contributed by atoms with Crippen molar-refractivity contribution >= 4 is 29.6 Å².